The highest BCUT2D eigenvalue weighted by Crippen LogP contribution is 2.32. The Hall–Kier alpha value is -4.52. The molecule has 2 aliphatic rings. The van der Waals surface area contributed by atoms with Crippen LogP contribution in [0.3, 0.4) is 0 Å². The largest absolute Gasteiger partial charge is 0.463 e. The van der Waals surface area contributed by atoms with Gasteiger partial charge < -0.3 is 73.8 Å². The lowest BCUT2D eigenvalue weighted by Gasteiger charge is -2.44. The smallest absolute Gasteiger partial charge is 0.303 e. The molecule has 0 spiro atoms. The third-order valence-electron chi connectivity index (χ3n) is 9.34. The van der Waals surface area contributed by atoms with E-state index in [1.54, 1.807) is 13.8 Å². The summed E-state index contributed by atoms with van der Waals surface area (Å²) in [5.74, 6) is -5.19. The summed E-state index contributed by atoms with van der Waals surface area (Å²) in [6, 6.07) is -1.81. The van der Waals surface area contributed by atoms with Crippen molar-refractivity contribution in [3.05, 3.63) is 0 Å². The quantitative estimate of drug-likeness (QED) is 0.0438. The molecule has 0 aromatic heterocycles. The highest BCUT2D eigenvalue weighted by atomic mass is 16.7. The second-order valence-corrected chi connectivity index (χ2v) is 14.6. The number of ether oxygens (including phenoxy) is 11. The molecular weight excluding hydrogens is 828 g/mol. The fourth-order valence-electron chi connectivity index (χ4n) is 6.43. The topological polar surface area (TPSA) is 300 Å². The van der Waals surface area contributed by atoms with Crippen LogP contribution in [0, 0.1) is 11.8 Å². The maximum absolute atomic E-state index is 12.5. The molecule has 2 fully saturated rings. The summed E-state index contributed by atoms with van der Waals surface area (Å²) in [4.78, 5) is 95.1. The molecule has 0 aromatic carbocycles. The van der Waals surface area contributed by atoms with Crippen LogP contribution in [-0.2, 0) is 90.5 Å². The molecule has 0 aromatic rings. The average Bonchev–Trinajstić information content (AvgIpc) is 3.18. The number of carbonyl (C=O) groups excluding carboxylic acids is 8. The number of rotatable bonds is 26. The van der Waals surface area contributed by atoms with Gasteiger partial charge in [0, 0.05) is 72.9 Å². The molecule has 2 aliphatic heterocycles. The summed E-state index contributed by atoms with van der Waals surface area (Å²) < 4.78 is 61.1. The molecule has 3 unspecified atom stereocenters. The fourth-order valence-corrected chi connectivity index (χ4v) is 6.43. The monoisotopic (exact) mass is 892 g/mol. The van der Waals surface area contributed by atoms with E-state index in [0.717, 1.165) is 0 Å². The molecular formula is C39H64N4O19. The van der Waals surface area contributed by atoms with E-state index in [1.165, 1.54) is 41.5 Å². The van der Waals surface area contributed by atoms with Crippen LogP contribution in [0.25, 0.3) is 0 Å². The van der Waals surface area contributed by atoms with Gasteiger partial charge in [0.2, 0.25) is 17.7 Å². The second kappa shape index (κ2) is 28.2. The van der Waals surface area contributed by atoms with Gasteiger partial charge in [-0.2, -0.15) is 0 Å². The fraction of sp³-hybridized carbons (Fsp3) is 0.795. The van der Waals surface area contributed by atoms with Gasteiger partial charge >= 0.3 is 29.8 Å². The van der Waals surface area contributed by atoms with Gasteiger partial charge in [-0.25, -0.2) is 0 Å². The van der Waals surface area contributed by atoms with E-state index in [2.05, 4.69) is 16.0 Å². The van der Waals surface area contributed by atoms with Gasteiger partial charge in [0.05, 0.1) is 45.7 Å². The van der Waals surface area contributed by atoms with Crippen LogP contribution in [0.1, 0.15) is 68.2 Å². The highest BCUT2D eigenvalue weighted by Gasteiger charge is 2.49. The van der Waals surface area contributed by atoms with E-state index in [0.29, 0.717) is 0 Å². The van der Waals surface area contributed by atoms with Gasteiger partial charge in [-0.3, -0.25) is 38.4 Å². The highest BCUT2D eigenvalue weighted by molar-refractivity contribution is 5.83. The van der Waals surface area contributed by atoms with Crippen molar-refractivity contribution in [2.75, 3.05) is 65.9 Å². The first kappa shape index (κ1) is 53.6. The number of carbonyl (C=O) groups is 8. The summed E-state index contributed by atoms with van der Waals surface area (Å²) in [5, 5.41) is 8.03. The zero-order chi connectivity index (χ0) is 46.4. The van der Waals surface area contributed by atoms with Crippen LogP contribution >= 0.6 is 0 Å². The van der Waals surface area contributed by atoms with Gasteiger partial charge in [0.25, 0.3) is 0 Å². The third-order valence-corrected chi connectivity index (χ3v) is 9.34. The summed E-state index contributed by atoms with van der Waals surface area (Å²) in [6.45, 7) is 11.2. The van der Waals surface area contributed by atoms with Gasteiger partial charge in [0.1, 0.15) is 43.7 Å². The SMILES string of the molecule is CC(=O)N[C@H]1C(OCCOCCNC(=O)C(N)CCC(=O)NCCOCCOC2O[C@H](COC(C)=O)[C@H](OC(C)=O)[C@H](OC(C)=O)[C@H]2C)O[C@H](COC(C)=O)[C@H](C)[C@@H]1OC(C)=O. The normalized spacial score (nSPS) is 26.2. The minimum Gasteiger partial charge on any atom is -0.463 e. The van der Waals surface area contributed by atoms with Crippen molar-refractivity contribution in [2.24, 2.45) is 17.6 Å². The molecule has 23 nitrogen and oxygen atoms in total. The lowest BCUT2D eigenvalue weighted by atomic mass is 9.89. The molecule has 0 saturated carbocycles. The zero-order valence-electron chi connectivity index (χ0n) is 36.7. The van der Waals surface area contributed by atoms with Gasteiger partial charge in [0.15, 0.2) is 18.7 Å². The van der Waals surface area contributed by atoms with Crippen molar-refractivity contribution >= 4 is 47.6 Å². The van der Waals surface area contributed by atoms with Crippen molar-refractivity contribution in [2.45, 2.75) is 123 Å². The molecule has 0 radical (unpaired) electrons. The van der Waals surface area contributed by atoms with E-state index in [-0.39, 0.29) is 84.7 Å². The first-order valence-corrected chi connectivity index (χ1v) is 20.4. The Labute approximate surface area is 360 Å². The summed E-state index contributed by atoms with van der Waals surface area (Å²) >= 11 is 0. The minimum atomic E-state index is -1.07. The van der Waals surface area contributed by atoms with Crippen molar-refractivity contribution in [3.63, 3.8) is 0 Å². The van der Waals surface area contributed by atoms with Crippen LogP contribution in [0.5, 0.6) is 0 Å². The second-order valence-electron chi connectivity index (χ2n) is 14.6. The summed E-state index contributed by atoms with van der Waals surface area (Å²) in [7, 11) is 0. The molecule has 354 valence electrons. The Bertz CT molecular complexity index is 1480. The van der Waals surface area contributed by atoms with Crippen molar-refractivity contribution in [1.82, 2.24) is 16.0 Å². The van der Waals surface area contributed by atoms with Crippen LogP contribution < -0.4 is 21.7 Å². The average molecular weight is 893 g/mol. The molecule has 2 saturated heterocycles. The lowest BCUT2D eigenvalue weighted by Crippen LogP contribution is -2.63. The summed E-state index contributed by atoms with van der Waals surface area (Å²) in [6.07, 6.45) is -6.43. The third kappa shape index (κ3) is 20.1. The van der Waals surface area contributed by atoms with Gasteiger partial charge in [-0.05, 0) is 6.42 Å². The Kier molecular flexibility index (Phi) is 24.4. The van der Waals surface area contributed by atoms with Crippen LogP contribution in [0.15, 0.2) is 0 Å². The molecule has 2 heterocycles. The number of amides is 3. The lowest BCUT2D eigenvalue weighted by molar-refractivity contribution is -0.290. The number of hydrogen-bond acceptors (Lipinski definition) is 20. The molecule has 62 heavy (non-hydrogen) atoms. The predicted molar refractivity (Wildman–Crippen MR) is 210 cm³/mol. The van der Waals surface area contributed by atoms with Crippen molar-refractivity contribution in [3.8, 4) is 0 Å². The Morgan fingerprint density at radius 1 is 0.581 bits per heavy atom. The Morgan fingerprint density at radius 2 is 1.08 bits per heavy atom. The Balaban J connectivity index is 1.66. The first-order chi connectivity index (χ1) is 29.3. The van der Waals surface area contributed by atoms with Crippen molar-refractivity contribution in [1.29, 1.82) is 0 Å². The standard InChI is InChI=1S/C39H64N4O19/c1-21-30(19-56-24(4)45)61-39(33(43-23(3)44)34(21)58-26(6)47)55-18-16-53-14-12-42-37(51)29(40)9-10-32(50)41-11-13-52-15-17-54-38-22(2)35(59-27(7)48)36(60-28(8)49)31(62-38)20-57-25(5)46/h21-22,29-31,33-36,38-39H,9-20,40H2,1-8H3,(H,41,50)(H,42,51)(H,43,44)/t21-,22+,29?,30+,31+,33+,34-,35+,36-,38?,39?/m0/s1. The van der Waals surface area contributed by atoms with Crippen LogP contribution in [0.2, 0.25) is 0 Å². The number of esters is 5. The first-order valence-electron chi connectivity index (χ1n) is 20.4. The van der Waals surface area contributed by atoms with E-state index in [4.69, 9.17) is 57.8 Å². The van der Waals surface area contributed by atoms with Gasteiger partial charge in [-0.15, -0.1) is 0 Å². The van der Waals surface area contributed by atoms with Crippen LogP contribution in [-0.4, -0.2) is 169 Å². The molecule has 0 aliphatic carbocycles. The number of nitrogens with two attached hydrogens (primary N) is 1. The number of nitrogens with one attached hydrogen (secondary N) is 3. The minimum absolute atomic E-state index is 0.00112. The van der Waals surface area contributed by atoms with E-state index < -0.39 is 109 Å². The molecule has 23 heteroatoms. The summed E-state index contributed by atoms with van der Waals surface area (Å²) in [5.41, 5.74) is 5.97. The van der Waals surface area contributed by atoms with Gasteiger partial charge in [-0.1, -0.05) is 13.8 Å². The molecule has 3 amide bonds. The Morgan fingerprint density at radius 3 is 1.63 bits per heavy atom. The maximum atomic E-state index is 12.5. The maximum Gasteiger partial charge on any atom is 0.303 e. The van der Waals surface area contributed by atoms with Crippen molar-refractivity contribution < 1.29 is 90.5 Å². The molecule has 11 atom stereocenters. The van der Waals surface area contributed by atoms with Crippen LogP contribution in [0.4, 0.5) is 0 Å². The van der Waals surface area contributed by atoms with E-state index in [9.17, 15) is 38.4 Å². The number of hydrogen-bond donors (Lipinski definition) is 4. The molecule has 5 N–H and O–H groups in total. The van der Waals surface area contributed by atoms with E-state index >= 15 is 0 Å². The van der Waals surface area contributed by atoms with E-state index in [1.807, 2.05) is 0 Å². The molecule has 0 bridgehead atoms. The molecule has 2 rings (SSSR count). The predicted octanol–water partition coefficient (Wildman–Crippen LogP) is -1.46. The zero-order valence-corrected chi connectivity index (χ0v) is 36.7.